The van der Waals surface area contributed by atoms with E-state index in [9.17, 15) is 9.18 Å². The SMILES string of the molecule is CC(Oc1c(N)ncc2c(-c3ccc(C(=O)NCCO)cc3)coc12)c1c(Cl)ccc(F)c1Cl. The summed E-state index contributed by atoms with van der Waals surface area (Å²) in [6, 6.07) is 9.45. The summed E-state index contributed by atoms with van der Waals surface area (Å²) in [5.74, 6) is -0.645. The number of carbonyl (C=O) groups is 1. The van der Waals surface area contributed by atoms with E-state index in [4.69, 9.17) is 43.2 Å². The summed E-state index contributed by atoms with van der Waals surface area (Å²) in [6.45, 7) is 1.70. The Hall–Kier alpha value is -3.33. The van der Waals surface area contributed by atoms with Crippen molar-refractivity contribution in [2.75, 3.05) is 18.9 Å². The Balaban J connectivity index is 1.67. The van der Waals surface area contributed by atoms with Gasteiger partial charge in [-0.25, -0.2) is 9.37 Å². The molecule has 34 heavy (non-hydrogen) atoms. The van der Waals surface area contributed by atoms with Crippen LogP contribution in [0.15, 0.2) is 53.3 Å². The monoisotopic (exact) mass is 503 g/mol. The van der Waals surface area contributed by atoms with Crippen molar-refractivity contribution in [2.24, 2.45) is 0 Å². The molecule has 0 spiro atoms. The quantitative estimate of drug-likeness (QED) is 0.292. The maximum absolute atomic E-state index is 14.0. The first-order valence-corrected chi connectivity index (χ1v) is 11.0. The third kappa shape index (κ3) is 4.52. The highest BCUT2D eigenvalue weighted by atomic mass is 35.5. The van der Waals surface area contributed by atoms with Crippen molar-refractivity contribution in [3.63, 3.8) is 0 Å². The van der Waals surface area contributed by atoms with Gasteiger partial charge >= 0.3 is 0 Å². The highest BCUT2D eigenvalue weighted by Gasteiger charge is 2.23. The number of ether oxygens (including phenoxy) is 1. The normalized spacial score (nSPS) is 12.0. The summed E-state index contributed by atoms with van der Waals surface area (Å²) < 4.78 is 25.8. The van der Waals surface area contributed by atoms with E-state index in [1.807, 2.05) is 0 Å². The number of amides is 1. The van der Waals surface area contributed by atoms with E-state index in [0.717, 1.165) is 5.56 Å². The molecule has 0 aliphatic rings. The summed E-state index contributed by atoms with van der Waals surface area (Å²) in [5.41, 5.74) is 8.63. The number of hydrogen-bond acceptors (Lipinski definition) is 6. The first kappa shape index (κ1) is 23.8. The number of nitrogens with zero attached hydrogens (tertiary/aromatic N) is 1. The summed E-state index contributed by atoms with van der Waals surface area (Å²) in [6.07, 6.45) is 2.34. The number of furan rings is 1. The van der Waals surface area contributed by atoms with Crippen molar-refractivity contribution < 1.29 is 23.4 Å². The minimum atomic E-state index is -0.754. The number of aliphatic hydroxyl groups excluding tert-OH is 1. The van der Waals surface area contributed by atoms with Gasteiger partial charge in [0.15, 0.2) is 11.4 Å². The van der Waals surface area contributed by atoms with Crippen molar-refractivity contribution >= 4 is 45.9 Å². The molecular formula is C24H20Cl2FN3O4. The number of carbonyl (C=O) groups excluding carboxylic acids is 1. The molecule has 4 N–H and O–H groups in total. The van der Waals surface area contributed by atoms with Crippen LogP contribution in [-0.4, -0.2) is 29.1 Å². The van der Waals surface area contributed by atoms with E-state index in [1.54, 1.807) is 37.4 Å². The lowest BCUT2D eigenvalue weighted by atomic mass is 10.0. The first-order valence-electron chi connectivity index (χ1n) is 10.3. The molecule has 0 radical (unpaired) electrons. The predicted octanol–water partition coefficient (Wildman–Crippen LogP) is 5.39. The molecule has 0 aliphatic carbocycles. The molecule has 0 fully saturated rings. The zero-order valence-electron chi connectivity index (χ0n) is 17.9. The van der Waals surface area contributed by atoms with Crippen LogP contribution in [0.1, 0.15) is 28.9 Å². The maximum Gasteiger partial charge on any atom is 0.251 e. The topological polar surface area (TPSA) is 111 Å². The lowest BCUT2D eigenvalue weighted by molar-refractivity contribution is 0.0945. The van der Waals surface area contributed by atoms with Crippen LogP contribution in [0.2, 0.25) is 10.0 Å². The van der Waals surface area contributed by atoms with Crippen LogP contribution in [0.4, 0.5) is 10.2 Å². The van der Waals surface area contributed by atoms with E-state index >= 15 is 0 Å². The van der Waals surface area contributed by atoms with Gasteiger partial charge in [0.2, 0.25) is 5.75 Å². The molecule has 2 heterocycles. The molecule has 7 nitrogen and oxygen atoms in total. The van der Waals surface area contributed by atoms with Gasteiger partial charge in [-0.15, -0.1) is 0 Å². The first-order chi connectivity index (χ1) is 16.3. The van der Waals surface area contributed by atoms with Gasteiger partial charge in [0.05, 0.1) is 23.3 Å². The molecule has 4 aromatic rings. The maximum atomic E-state index is 14.0. The van der Waals surface area contributed by atoms with Crippen molar-refractivity contribution in [1.82, 2.24) is 10.3 Å². The van der Waals surface area contributed by atoms with Crippen LogP contribution >= 0.6 is 23.2 Å². The average molecular weight is 504 g/mol. The van der Waals surface area contributed by atoms with Gasteiger partial charge in [0.1, 0.15) is 11.9 Å². The minimum Gasteiger partial charge on any atom is -0.478 e. The molecule has 0 bridgehead atoms. The smallest absolute Gasteiger partial charge is 0.251 e. The standard InChI is InChI=1S/C24H20Cl2FN3O4/c1-12(19-17(25)6-7-18(27)20(19)26)34-22-21-15(10-30-23(22)28)16(11-33-21)13-2-4-14(5-3-13)24(32)29-8-9-31/h2-7,10-12,31H,8-9H2,1H3,(H2,28,30)(H,29,32). The largest absolute Gasteiger partial charge is 0.478 e. The van der Waals surface area contributed by atoms with Crippen LogP contribution in [0, 0.1) is 5.82 Å². The molecule has 176 valence electrons. The minimum absolute atomic E-state index is 0.0831. The highest BCUT2D eigenvalue weighted by Crippen LogP contribution is 2.41. The van der Waals surface area contributed by atoms with Gasteiger partial charge in [-0.2, -0.15) is 0 Å². The van der Waals surface area contributed by atoms with Crippen LogP contribution in [-0.2, 0) is 0 Å². The second kappa shape index (κ2) is 9.89. The summed E-state index contributed by atoms with van der Waals surface area (Å²) >= 11 is 12.3. The number of aromatic nitrogens is 1. The van der Waals surface area contributed by atoms with E-state index in [-0.39, 0.29) is 46.2 Å². The third-order valence-corrected chi connectivity index (χ3v) is 5.95. The number of nitrogen functional groups attached to an aromatic ring is 1. The lowest BCUT2D eigenvalue weighted by Gasteiger charge is -2.18. The molecular weight excluding hydrogens is 484 g/mol. The highest BCUT2D eigenvalue weighted by molar-refractivity contribution is 6.36. The zero-order valence-corrected chi connectivity index (χ0v) is 19.5. The number of rotatable bonds is 7. The van der Waals surface area contributed by atoms with Crippen LogP contribution < -0.4 is 15.8 Å². The Morgan fingerprint density at radius 2 is 2.00 bits per heavy atom. The van der Waals surface area contributed by atoms with Crippen molar-refractivity contribution in [1.29, 1.82) is 0 Å². The van der Waals surface area contributed by atoms with Gasteiger partial charge in [0.25, 0.3) is 5.91 Å². The Kier molecular flexibility index (Phi) is 6.92. The van der Waals surface area contributed by atoms with E-state index in [0.29, 0.717) is 22.1 Å². The molecule has 0 aliphatic heterocycles. The lowest BCUT2D eigenvalue weighted by Crippen LogP contribution is -2.26. The number of aliphatic hydroxyl groups is 1. The number of benzene rings is 2. The van der Waals surface area contributed by atoms with E-state index in [1.165, 1.54) is 18.4 Å². The molecule has 0 saturated carbocycles. The van der Waals surface area contributed by atoms with Crippen LogP contribution in [0.25, 0.3) is 22.1 Å². The molecule has 1 atom stereocenters. The van der Waals surface area contributed by atoms with Crippen molar-refractivity contribution in [2.45, 2.75) is 13.0 Å². The van der Waals surface area contributed by atoms with E-state index in [2.05, 4.69) is 10.3 Å². The Bertz CT molecular complexity index is 1360. The zero-order chi connectivity index (χ0) is 24.4. The number of pyridine rings is 1. The van der Waals surface area contributed by atoms with Crippen molar-refractivity contribution in [3.05, 3.63) is 75.8 Å². The number of nitrogens with two attached hydrogens (primary N) is 1. The Morgan fingerprint density at radius 3 is 2.71 bits per heavy atom. The van der Waals surface area contributed by atoms with Crippen LogP contribution in [0.5, 0.6) is 5.75 Å². The second-order valence-electron chi connectivity index (χ2n) is 7.44. The fraction of sp³-hybridized carbons (Fsp3) is 0.167. The van der Waals surface area contributed by atoms with Gasteiger partial charge in [0, 0.05) is 34.5 Å². The van der Waals surface area contributed by atoms with Crippen LogP contribution in [0.3, 0.4) is 0 Å². The fourth-order valence-corrected chi connectivity index (χ4v) is 4.22. The molecule has 10 heteroatoms. The molecule has 1 amide bonds. The third-order valence-electron chi connectivity index (χ3n) is 5.24. The Morgan fingerprint density at radius 1 is 1.26 bits per heavy atom. The molecule has 0 saturated heterocycles. The van der Waals surface area contributed by atoms with Gasteiger partial charge in [-0.1, -0.05) is 35.3 Å². The summed E-state index contributed by atoms with van der Waals surface area (Å²) in [4.78, 5) is 16.3. The van der Waals surface area contributed by atoms with Crippen molar-refractivity contribution in [3.8, 4) is 16.9 Å². The summed E-state index contributed by atoms with van der Waals surface area (Å²) in [5, 5.41) is 12.2. The van der Waals surface area contributed by atoms with Gasteiger partial charge in [-0.3, -0.25) is 4.79 Å². The Labute approximate surface area is 204 Å². The van der Waals surface area contributed by atoms with Gasteiger partial charge < -0.3 is 25.3 Å². The number of nitrogens with one attached hydrogen (secondary N) is 1. The number of halogens is 3. The number of fused-ring (bicyclic) bond motifs is 1. The number of hydrogen-bond donors (Lipinski definition) is 3. The van der Waals surface area contributed by atoms with Gasteiger partial charge in [-0.05, 0) is 36.8 Å². The molecule has 1 unspecified atom stereocenters. The summed E-state index contributed by atoms with van der Waals surface area (Å²) in [7, 11) is 0. The average Bonchev–Trinajstić information content (AvgIpc) is 3.26. The molecule has 2 aromatic heterocycles. The van der Waals surface area contributed by atoms with E-state index < -0.39 is 11.9 Å². The fourth-order valence-electron chi connectivity index (χ4n) is 3.54. The molecule has 2 aromatic carbocycles. The number of anilines is 1. The second-order valence-corrected chi connectivity index (χ2v) is 8.22. The molecule has 4 rings (SSSR count). The predicted molar refractivity (Wildman–Crippen MR) is 129 cm³/mol.